The van der Waals surface area contributed by atoms with Crippen molar-refractivity contribution in [3.05, 3.63) is 119 Å². The lowest BCUT2D eigenvalue weighted by atomic mass is 9.96. The molecule has 158 valence electrons. The van der Waals surface area contributed by atoms with Crippen molar-refractivity contribution in [2.75, 3.05) is 0 Å². The molecule has 0 spiro atoms. The first-order chi connectivity index (χ1) is 15.7. The van der Waals surface area contributed by atoms with E-state index in [1.165, 1.54) is 5.56 Å². The van der Waals surface area contributed by atoms with Gasteiger partial charge >= 0.3 is 0 Å². The van der Waals surface area contributed by atoms with E-state index in [2.05, 4.69) is 48.6 Å². The first kappa shape index (κ1) is 21.5. The van der Waals surface area contributed by atoms with Gasteiger partial charge in [-0.25, -0.2) is 4.39 Å². The van der Waals surface area contributed by atoms with Crippen LogP contribution in [0.5, 0.6) is 0 Å². The van der Waals surface area contributed by atoms with Gasteiger partial charge in [-0.3, -0.25) is 0 Å². The Balaban J connectivity index is 1.50. The third kappa shape index (κ3) is 4.95. The zero-order chi connectivity index (χ0) is 22.3. The van der Waals surface area contributed by atoms with Gasteiger partial charge in [-0.05, 0) is 84.0 Å². The van der Waals surface area contributed by atoms with Crippen LogP contribution in [-0.4, -0.2) is 0 Å². The van der Waals surface area contributed by atoms with Crippen LogP contribution in [0, 0.1) is 17.1 Å². The monoisotopic (exact) mass is 419 g/mol. The summed E-state index contributed by atoms with van der Waals surface area (Å²) in [7, 11) is 0. The van der Waals surface area contributed by atoms with Crippen molar-refractivity contribution in [2.24, 2.45) is 0 Å². The Morgan fingerprint density at radius 1 is 0.781 bits per heavy atom. The SMILES string of the molecule is C/C=C/CCc1ccc(-c2ccc3c(F)c(CCc4ccc(C#N)cc4)ccc3c2)cc1. The summed E-state index contributed by atoms with van der Waals surface area (Å²) >= 11 is 0. The lowest BCUT2D eigenvalue weighted by Gasteiger charge is -2.10. The minimum atomic E-state index is -0.137. The molecule has 0 saturated heterocycles. The van der Waals surface area contributed by atoms with Crippen molar-refractivity contribution in [1.82, 2.24) is 0 Å². The van der Waals surface area contributed by atoms with Crippen molar-refractivity contribution in [3.63, 3.8) is 0 Å². The maximum Gasteiger partial charge on any atom is 0.134 e. The lowest BCUT2D eigenvalue weighted by molar-refractivity contribution is 0.620. The second kappa shape index (κ2) is 10.1. The average Bonchev–Trinajstić information content (AvgIpc) is 2.84. The van der Waals surface area contributed by atoms with Crippen LogP contribution in [0.15, 0.2) is 91.0 Å². The molecule has 4 aromatic rings. The molecule has 1 nitrogen and oxygen atoms in total. The standard InChI is InChI=1S/C30H26FN/c1-2-3-4-5-22-10-13-25(14-11-22)27-18-19-29-28(20-27)17-16-26(30(29)31)15-12-23-6-8-24(21-32)9-7-23/h2-3,6-11,13-14,16-20H,4-5,12,15H2,1H3/b3-2+. The number of nitriles is 1. The van der Waals surface area contributed by atoms with Gasteiger partial charge < -0.3 is 0 Å². The second-order valence-corrected chi connectivity index (χ2v) is 8.09. The number of fused-ring (bicyclic) bond motifs is 1. The van der Waals surface area contributed by atoms with Crippen LogP contribution in [0.25, 0.3) is 21.9 Å². The van der Waals surface area contributed by atoms with Crippen LogP contribution in [0.2, 0.25) is 0 Å². The molecular weight excluding hydrogens is 393 g/mol. The fourth-order valence-electron chi connectivity index (χ4n) is 4.02. The van der Waals surface area contributed by atoms with E-state index in [4.69, 9.17) is 5.26 Å². The Morgan fingerprint density at radius 2 is 1.47 bits per heavy atom. The molecule has 0 aliphatic carbocycles. The van der Waals surface area contributed by atoms with Gasteiger partial charge in [0.05, 0.1) is 11.6 Å². The largest absolute Gasteiger partial charge is 0.206 e. The van der Waals surface area contributed by atoms with Gasteiger partial charge in [0.1, 0.15) is 5.82 Å². The van der Waals surface area contributed by atoms with E-state index in [1.54, 1.807) is 0 Å². The lowest BCUT2D eigenvalue weighted by Crippen LogP contribution is -1.96. The minimum absolute atomic E-state index is 0.137. The smallest absolute Gasteiger partial charge is 0.134 e. The minimum Gasteiger partial charge on any atom is -0.206 e. The van der Waals surface area contributed by atoms with Gasteiger partial charge in [-0.1, -0.05) is 72.8 Å². The molecule has 0 aliphatic rings. The van der Waals surface area contributed by atoms with Crippen LogP contribution < -0.4 is 0 Å². The van der Waals surface area contributed by atoms with Crippen molar-refractivity contribution in [3.8, 4) is 17.2 Å². The molecule has 0 aromatic heterocycles. The summed E-state index contributed by atoms with van der Waals surface area (Å²) in [6, 6.07) is 28.1. The first-order valence-corrected chi connectivity index (χ1v) is 11.1. The number of hydrogen-bond acceptors (Lipinski definition) is 1. The van der Waals surface area contributed by atoms with Gasteiger partial charge in [-0.15, -0.1) is 0 Å². The van der Waals surface area contributed by atoms with Gasteiger partial charge in [0.15, 0.2) is 0 Å². The summed E-state index contributed by atoms with van der Waals surface area (Å²) in [5.74, 6) is -0.137. The molecule has 2 heteroatoms. The maximum absolute atomic E-state index is 15.2. The average molecular weight is 420 g/mol. The summed E-state index contributed by atoms with van der Waals surface area (Å²) in [6.45, 7) is 2.05. The van der Waals surface area contributed by atoms with E-state index < -0.39 is 0 Å². The van der Waals surface area contributed by atoms with E-state index in [1.807, 2.05) is 55.5 Å². The molecule has 32 heavy (non-hydrogen) atoms. The number of rotatable bonds is 7. The highest BCUT2D eigenvalue weighted by molar-refractivity contribution is 5.88. The summed E-state index contributed by atoms with van der Waals surface area (Å²) in [4.78, 5) is 0. The molecule has 0 amide bonds. The van der Waals surface area contributed by atoms with Gasteiger partial charge in [0.2, 0.25) is 0 Å². The predicted octanol–water partition coefficient (Wildman–Crippen LogP) is 7.81. The molecule has 0 saturated carbocycles. The first-order valence-electron chi connectivity index (χ1n) is 11.1. The molecule has 0 radical (unpaired) electrons. The Morgan fingerprint density at radius 3 is 2.19 bits per heavy atom. The molecule has 0 N–H and O–H groups in total. The molecule has 0 aliphatic heterocycles. The third-order valence-corrected chi connectivity index (χ3v) is 5.92. The van der Waals surface area contributed by atoms with Gasteiger partial charge in [0.25, 0.3) is 0 Å². The van der Waals surface area contributed by atoms with E-state index in [0.717, 1.165) is 46.9 Å². The molecule has 0 heterocycles. The number of hydrogen-bond donors (Lipinski definition) is 0. The summed E-state index contributed by atoms with van der Waals surface area (Å²) in [5.41, 5.74) is 6.04. The van der Waals surface area contributed by atoms with Gasteiger partial charge in [-0.2, -0.15) is 5.26 Å². The van der Waals surface area contributed by atoms with Crippen LogP contribution in [0.4, 0.5) is 4.39 Å². The molecule has 0 fully saturated rings. The van der Waals surface area contributed by atoms with Crippen molar-refractivity contribution in [1.29, 1.82) is 5.26 Å². The van der Waals surface area contributed by atoms with E-state index >= 15 is 4.39 Å². The highest BCUT2D eigenvalue weighted by Gasteiger charge is 2.09. The summed E-state index contributed by atoms with van der Waals surface area (Å²) in [6.07, 6.45) is 7.74. The van der Waals surface area contributed by atoms with Crippen molar-refractivity contribution >= 4 is 10.8 Å². The van der Waals surface area contributed by atoms with Crippen LogP contribution >= 0.6 is 0 Å². The number of halogens is 1. The van der Waals surface area contributed by atoms with E-state index in [-0.39, 0.29) is 5.82 Å². The summed E-state index contributed by atoms with van der Waals surface area (Å²) < 4.78 is 15.2. The number of nitrogens with zero attached hydrogens (tertiary/aromatic N) is 1. The molecule has 4 aromatic carbocycles. The normalized spacial score (nSPS) is 11.2. The fourth-order valence-corrected chi connectivity index (χ4v) is 4.02. The molecule has 0 bridgehead atoms. The van der Waals surface area contributed by atoms with Crippen LogP contribution in [0.1, 0.15) is 35.6 Å². The quantitative estimate of drug-likeness (QED) is 0.280. The van der Waals surface area contributed by atoms with Crippen LogP contribution in [-0.2, 0) is 19.3 Å². The number of allylic oxidation sites excluding steroid dienone is 2. The maximum atomic E-state index is 15.2. The highest BCUT2D eigenvalue weighted by Crippen LogP contribution is 2.28. The summed E-state index contributed by atoms with van der Waals surface area (Å²) in [5, 5.41) is 10.5. The fraction of sp³-hybridized carbons (Fsp3) is 0.167. The Kier molecular flexibility index (Phi) is 6.78. The zero-order valence-corrected chi connectivity index (χ0v) is 18.3. The molecule has 0 unspecified atom stereocenters. The van der Waals surface area contributed by atoms with Crippen molar-refractivity contribution in [2.45, 2.75) is 32.6 Å². The van der Waals surface area contributed by atoms with E-state index in [0.29, 0.717) is 17.4 Å². The molecular formula is C30H26FN. The van der Waals surface area contributed by atoms with Crippen LogP contribution in [0.3, 0.4) is 0 Å². The van der Waals surface area contributed by atoms with Gasteiger partial charge in [0, 0.05) is 5.39 Å². The Labute approximate surface area is 189 Å². The second-order valence-electron chi connectivity index (χ2n) is 8.09. The number of benzene rings is 4. The Hall–Kier alpha value is -3.70. The Bertz CT molecular complexity index is 1280. The highest BCUT2D eigenvalue weighted by atomic mass is 19.1. The topological polar surface area (TPSA) is 23.8 Å². The zero-order valence-electron chi connectivity index (χ0n) is 18.3. The third-order valence-electron chi connectivity index (χ3n) is 5.92. The molecule has 4 rings (SSSR count). The predicted molar refractivity (Wildman–Crippen MR) is 131 cm³/mol. The number of aryl methyl sites for hydroxylation is 3. The van der Waals surface area contributed by atoms with E-state index in [9.17, 15) is 0 Å². The van der Waals surface area contributed by atoms with Crippen molar-refractivity contribution < 1.29 is 4.39 Å². The molecule has 0 atom stereocenters.